The summed E-state index contributed by atoms with van der Waals surface area (Å²) in [6.07, 6.45) is -0.517. The van der Waals surface area contributed by atoms with E-state index in [1.54, 1.807) is 51.1 Å². The summed E-state index contributed by atoms with van der Waals surface area (Å²) >= 11 is 0. The van der Waals surface area contributed by atoms with Gasteiger partial charge in [0.25, 0.3) is 5.91 Å². The molecule has 9 nitrogen and oxygen atoms in total. The number of nitrogens with two attached hydrogens (primary N) is 1. The summed E-state index contributed by atoms with van der Waals surface area (Å²) in [6.45, 7) is 4.91. The van der Waals surface area contributed by atoms with E-state index in [0.717, 1.165) is 0 Å². The van der Waals surface area contributed by atoms with Gasteiger partial charge in [-0.15, -0.1) is 0 Å². The molecule has 1 heterocycles. The van der Waals surface area contributed by atoms with Crippen LogP contribution in [0.2, 0.25) is 0 Å². The number of likely N-dealkylation sites (tertiary alicyclic amines) is 1. The number of amides is 4. The van der Waals surface area contributed by atoms with Gasteiger partial charge in [-0.3, -0.25) is 14.4 Å². The van der Waals surface area contributed by atoms with Crippen molar-refractivity contribution < 1.29 is 23.9 Å². The number of ether oxygens (including phenoxy) is 1. The number of hydrogen-bond donors (Lipinski definition) is 3. The van der Waals surface area contributed by atoms with Crippen LogP contribution in [0, 0.1) is 0 Å². The van der Waals surface area contributed by atoms with Gasteiger partial charge in [0.15, 0.2) is 0 Å². The Hall–Kier alpha value is -3.10. The van der Waals surface area contributed by atoms with Gasteiger partial charge in [-0.25, -0.2) is 4.79 Å². The topological polar surface area (TPSA) is 131 Å². The van der Waals surface area contributed by atoms with Crippen LogP contribution in [0.4, 0.5) is 4.79 Å². The zero-order valence-electron chi connectivity index (χ0n) is 16.2. The van der Waals surface area contributed by atoms with Crippen molar-refractivity contribution in [1.29, 1.82) is 0 Å². The first kappa shape index (κ1) is 21.2. The van der Waals surface area contributed by atoms with Crippen molar-refractivity contribution in [3.05, 3.63) is 35.9 Å². The second-order valence-electron chi connectivity index (χ2n) is 7.59. The summed E-state index contributed by atoms with van der Waals surface area (Å²) < 4.78 is 5.08. The predicted molar refractivity (Wildman–Crippen MR) is 101 cm³/mol. The van der Waals surface area contributed by atoms with Crippen molar-refractivity contribution in [3.8, 4) is 0 Å². The number of benzene rings is 1. The van der Waals surface area contributed by atoms with Crippen LogP contribution in [-0.2, 0) is 14.3 Å². The Morgan fingerprint density at radius 2 is 1.82 bits per heavy atom. The molecular formula is C19H26N4O5. The molecule has 1 saturated heterocycles. The van der Waals surface area contributed by atoms with E-state index in [4.69, 9.17) is 10.5 Å². The van der Waals surface area contributed by atoms with Crippen molar-refractivity contribution in [2.45, 2.75) is 44.9 Å². The molecule has 0 spiro atoms. The van der Waals surface area contributed by atoms with Crippen LogP contribution >= 0.6 is 0 Å². The molecule has 4 N–H and O–H groups in total. The molecule has 0 saturated carbocycles. The fourth-order valence-corrected chi connectivity index (χ4v) is 2.91. The monoisotopic (exact) mass is 390 g/mol. The normalized spacial score (nSPS) is 19.0. The van der Waals surface area contributed by atoms with E-state index in [9.17, 15) is 19.2 Å². The van der Waals surface area contributed by atoms with Crippen LogP contribution in [0.15, 0.2) is 30.3 Å². The van der Waals surface area contributed by atoms with Gasteiger partial charge in [-0.05, 0) is 39.3 Å². The minimum Gasteiger partial charge on any atom is -0.444 e. The molecule has 4 amide bonds. The van der Waals surface area contributed by atoms with Crippen molar-refractivity contribution in [2.75, 3.05) is 13.1 Å². The average Bonchev–Trinajstić information content (AvgIpc) is 3.03. The van der Waals surface area contributed by atoms with Crippen molar-refractivity contribution >= 4 is 23.8 Å². The van der Waals surface area contributed by atoms with E-state index >= 15 is 0 Å². The molecule has 0 unspecified atom stereocenters. The molecule has 9 heteroatoms. The number of rotatable bonds is 5. The SMILES string of the molecule is CC(C)(C)OC(=O)NCC(=O)N1C[C@H](NC(=O)c2ccccc2)C[C@H]1C(N)=O. The quantitative estimate of drug-likeness (QED) is 0.670. The highest BCUT2D eigenvalue weighted by Crippen LogP contribution is 2.18. The lowest BCUT2D eigenvalue weighted by atomic mass is 10.1. The third-order valence-electron chi connectivity index (χ3n) is 4.10. The molecule has 1 aromatic carbocycles. The summed E-state index contributed by atoms with van der Waals surface area (Å²) in [7, 11) is 0. The highest BCUT2D eigenvalue weighted by atomic mass is 16.6. The molecule has 1 aliphatic heterocycles. The molecule has 1 aliphatic rings. The second-order valence-corrected chi connectivity index (χ2v) is 7.59. The van der Waals surface area contributed by atoms with Crippen LogP contribution < -0.4 is 16.4 Å². The summed E-state index contributed by atoms with van der Waals surface area (Å²) in [5, 5.41) is 5.17. The fraction of sp³-hybridized carbons (Fsp3) is 0.474. The zero-order chi connectivity index (χ0) is 20.9. The number of primary amides is 1. The van der Waals surface area contributed by atoms with E-state index in [0.29, 0.717) is 5.56 Å². The molecule has 152 valence electrons. The standard InChI is InChI=1S/C19H26N4O5/c1-19(2,3)28-18(27)21-10-15(24)23-11-13(9-14(23)16(20)25)22-17(26)12-7-5-4-6-8-12/h4-8,13-14H,9-11H2,1-3H3,(H2,20,25)(H,21,27)(H,22,26)/t13-,14+/m1/s1. The third kappa shape index (κ3) is 5.97. The van der Waals surface area contributed by atoms with Crippen molar-refractivity contribution in [3.63, 3.8) is 0 Å². The van der Waals surface area contributed by atoms with E-state index in [-0.39, 0.29) is 25.4 Å². The minimum atomic E-state index is -0.853. The molecule has 0 aromatic heterocycles. The molecule has 0 bridgehead atoms. The van der Waals surface area contributed by atoms with Gasteiger partial charge in [0.2, 0.25) is 11.8 Å². The minimum absolute atomic E-state index is 0.126. The van der Waals surface area contributed by atoms with Gasteiger partial charge >= 0.3 is 6.09 Å². The third-order valence-corrected chi connectivity index (χ3v) is 4.10. The van der Waals surface area contributed by atoms with Crippen LogP contribution in [0.3, 0.4) is 0 Å². The Morgan fingerprint density at radius 3 is 2.39 bits per heavy atom. The molecule has 1 fully saturated rings. The van der Waals surface area contributed by atoms with E-state index < -0.39 is 35.6 Å². The van der Waals surface area contributed by atoms with Gasteiger partial charge in [0, 0.05) is 18.2 Å². The highest BCUT2D eigenvalue weighted by Gasteiger charge is 2.39. The lowest BCUT2D eigenvalue weighted by Gasteiger charge is -2.23. The van der Waals surface area contributed by atoms with Gasteiger partial charge < -0.3 is 26.0 Å². The van der Waals surface area contributed by atoms with Crippen LogP contribution in [0.25, 0.3) is 0 Å². The highest BCUT2D eigenvalue weighted by molar-refractivity contribution is 5.95. The smallest absolute Gasteiger partial charge is 0.408 e. The Bertz CT molecular complexity index is 744. The van der Waals surface area contributed by atoms with Crippen molar-refractivity contribution in [2.24, 2.45) is 5.73 Å². The maximum absolute atomic E-state index is 12.5. The summed E-state index contributed by atoms with van der Waals surface area (Å²) in [5.74, 6) is -1.44. The summed E-state index contributed by atoms with van der Waals surface area (Å²) in [5.41, 5.74) is 5.20. The number of carbonyl (C=O) groups excluding carboxylic acids is 4. The van der Waals surface area contributed by atoms with Crippen LogP contribution in [0.5, 0.6) is 0 Å². The first-order chi connectivity index (χ1) is 13.1. The van der Waals surface area contributed by atoms with Gasteiger partial charge in [-0.1, -0.05) is 18.2 Å². The van der Waals surface area contributed by atoms with Crippen LogP contribution in [0.1, 0.15) is 37.6 Å². The molecule has 28 heavy (non-hydrogen) atoms. The fourth-order valence-electron chi connectivity index (χ4n) is 2.91. The Balaban J connectivity index is 1.95. The molecule has 2 rings (SSSR count). The first-order valence-corrected chi connectivity index (χ1v) is 8.98. The van der Waals surface area contributed by atoms with Gasteiger partial charge in [0.1, 0.15) is 18.2 Å². The number of hydrogen-bond acceptors (Lipinski definition) is 5. The molecule has 0 aliphatic carbocycles. The van der Waals surface area contributed by atoms with E-state index in [2.05, 4.69) is 10.6 Å². The van der Waals surface area contributed by atoms with Gasteiger partial charge in [-0.2, -0.15) is 0 Å². The number of nitrogens with one attached hydrogen (secondary N) is 2. The summed E-state index contributed by atoms with van der Waals surface area (Å²) in [4.78, 5) is 49.5. The largest absolute Gasteiger partial charge is 0.444 e. The Labute approximate surface area is 163 Å². The Kier molecular flexibility index (Phi) is 6.61. The molecular weight excluding hydrogens is 364 g/mol. The predicted octanol–water partition coefficient (Wildman–Crippen LogP) is 0.396. The number of carbonyl (C=O) groups is 4. The lowest BCUT2D eigenvalue weighted by molar-refractivity contribution is -0.136. The maximum atomic E-state index is 12.5. The average molecular weight is 390 g/mol. The zero-order valence-corrected chi connectivity index (χ0v) is 16.2. The molecule has 1 aromatic rings. The van der Waals surface area contributed by atoms with E-state index in [1.165, 1.54) is 4.90 Å². The number of nitrogens with zero attached hydrogens (tertiary/aromatic N) is 1. The molecule has 2 atom stereocenters. The van der Waals surface area contributed by atoms with Crippen molar-refractivity contribution in [1.82, 2.24) is 15.5 Å². The van der Waals surface area contributed by atoms with Gasteiger partial charge in [0.05, 0.1) is 0 Å². The Morgan fingerprint density at radius 1 is 1.18 bits per heavy atom. The molecule has 0 radical (unpaired) electrons. The maximum Gasteiger partial charge on any atom is 0.408 e. The lowest BCUT2D eigenvalue weighted by Crippen LogP contribution is -2.48. The second kappa shape index (κ2) is 8.73. The van der Waals surface area contributed by atoms with E-state index in [1.807, 2.05) is 0 Å². The number of alkyl carbamates (subject to hydrolysis) is 1. The summed E-state index contributed by atoms with van der Waals surface area (Å²) in [6, 6.07) is 7.35. The first-order valence-electron chi connectivity index (χ1n) is 8.98. The van der Waals surface area contributed by atoms with Crippen LogP contribution in [-0.4, -0.2) is 59.5 Å².